The highest BCUT2D eigenvalue weighted by molar-refractivity contribution is 6.31. The molecule has 168 valence electrons. The van der Waals surface area contributed by atoms with E-state index in [4.69, 9.17) is 21.1 Å². The van der Waals surface area contributed by atoms with Crippen LogP contribution in [0.25, 0.3) is 0 Å². The van der Waals surface area contributed by atoms with Gasteiger partial charge in [-0.3, -0.25) is 9.59 Å². The fraction of sp³-hybridized carbons (Fsp3) is 0.231. The lowest BCUT2D eigenvalue weighted by molar-refractivity contribution is -0.136. The van der Waals surface area contributed by atoms with E-state index in [2.05, 4.69) is 0 Å². The number of amides is 1. The van der Waals surface area contributed by atoms with Crippen LogP contribution >= 0.6 is 11.6 Å². The topological polar surface area (TPSA) is 76.1 Å². The van der Waals surface area contributed by atoms with Gasteiger partial charge in [0.25, 0.3) is 5.91 Å². The van der Waals surface area contributed by atoms with Crippen molar-refractivity contribution in [1.29, 1.82) is 0 Å². The molecule has 0 spiro atoms. The lowest BCUT2D eigenvalue weighted by atomic mass is 9.88. The van der Waals surface area contributed by atoms with E-state index in [0.717, 1.165) is 11.1 Å². The number of ketones is 1. The molecular formula is C26H22ClNO5. The number of hydrogen-bond acceptors (Lipinski definition) is 5. The first kappa shape index (κ1) is 21.5. The molecule has 7 heteroatoms. The molecule has 1 N–H and O–H groups in total. The standard InChI is InChI=1S/C26H22ClNO5/c1-16-2-4-17(5-3-16)15-28-21-8-7-19(27)13-20(21)26(31,25(28)30)14-22(29)18-6-9-23-24(12-18)33-11-10-32-23/h2-9,12-13,31H,10-11,14-15H2,1H3/t26-/m1/s1. The Morgan fingerprint density at radius 1 is 1.03 bits per heavy atom. The summed E-state index contributed by atoms with van der Waals surface area (Å²) in [4.78, 5) is 28.2. The zero-order valence-electron chi connectivity index (χ0n) is 18.0. The van der Waals surface area contributed by atoms with Crippen LogP contribution in [0.4, 0.5) is 5.69 Å². The largest absolute Gasteiger partial charge is 0.486 e. The van der Waals surface area contributed by atoms with Crippen molar-refractivity contribution in [3.05, 3.63) is 87.9 Å². The van der Waals surface area contributed by atoms with E-state index in [0.29, 0.717) is 46.5 Å². The van der Waals surface area contributed by atoms with Crippen LogP contribution in [0.15, 0.2) is 60.7 Å². The summed E-state index contributed by atoms with van der Waals surface area (Å²) >= 11 is 6.20. The van der Waals surface area contributed by atoms with Crippen molar-refractivity contribution < 1.29 is 24.2 Å². The van der Waals surface area contributed by atoms with Crippen molar-refractivity contribution in [2.75, 3.05) is 18.1 Å². The first-order valence-electron chi connectivity index (χ1n) is 10.7. The number of aliphatic hydroxyl groups is 1. The van der Waals surface area contributed by atoms with Gasteiger partial charge in [0.05, 0.1) is 18.7 Å². The summed E-state index contributed by atoms with van der Waals surface area (Å²) in [5, 5.41) is 12.0. The Hall–Kier alpha value is -3.35. The first-order chi connectivity index (χ1) is 15.8. The molecule has 3 aromatic carbocycles. The number of rotatable bonds is 5. The summed E-state index contributed by atoms with van der Waals surface area (Å²) in [5.41, 5.74) is 1.22. The quantitative estimate of drug-likeness (QED) is 0.566. The molecule has 6 nitrogen and oxygen atoms in total. The molecule has 5 rings (SSSR count). The molecule has 33 heavy (non-hydrogen) atoms. The number of Topliss-reactive ketones (excluding diaryl/α,β-unsaturated/α-hetero) is 1. The van der Waals surface area contributed by atoms with Crippen LogP contribution in [0.1, 0.15) is 33.5 Å². The number of benzene rings is 3. The van der Waals surface area contributed by atoms with Crippen molar-refractivity contribution in [1.82, 2.24) is 0 Å². The minimum atomic E-state index is -2.02. The normalized spacial score (nSPS) is 18.9. The van der Waals surface area contributed by atoms with Crippen LogP contribution in [0.3, 0.4) is 0 Å². The molecule has 3 aromatic rings. The average molecular weight is 464 g/mol. The van der Waals surface area contributed by atoms with Crippen LogP contribution in [0.2, 0.25) is 5.02 Å². The van der Waals surface area contributed by atoms with Gasteiger partial charge < -0.3 is 19.5 Å². The molecule has 0 bridgehead atoms. The van der Waals surface area contributed by atoms with Gasteiger partial charge in [0.15, 0.2) is 22.9 Å². The Bertz CT molecular complexity index is 1260. The number of aryl methyl sites for hydroxylation is 1. The number of anilines is 1. The molecule has 1 amide bonds. The Morgan fingerprint density at radius 3 is 2.52 bits per heavy atom. The van der Waals surface area contributed by atoms with Gasteiger partial charge in [0, 0.05) is 16.1 Å². The number of fused-ring (bicyclic) bond motifs is 2. The van der Waals surface area contributed by atoms with Crippen LogP contribution in [0.5, 0.6) is 11.5 Å². The highest BCUT2D eigenvalue weighted by Crippen LogP contribution is 2.45. The maximum absolute atomic E-state index is 13.5. The maximum atomic E-state index is 13.5. The number of carbonyl (C=O) groups is 2. The van der Waals surface area contributed by atoms with E-state index in [1.807, 2.05) is 31.2 Å². The monoisotopic (exact) mass is 463 g/mol. The fourth-order valence-electron chi connectivity index (χ4n) is 4.28. The second kappa shape index (κ2) is 8.21. The number of halogens is 1. The minimum absolute atomic E-state index is 0.272. The minimum Gasteiger partial charge on any atom is -0.486 e. The second-order valence-corrected chi connectivity index (χ2v) is 8.79. The van der Waals surface area contributed by atoms with E-state index in [1.165, 1.54) is 4.90 Å². The molecular weight excluding hydrogens is 442 g/mol. The smallest absolute Gasteiger partial charge is 0.264 e. The number of carbonyl (C=O) groups excluding carboxylic acids is 2. The molecule has 0 aliphatic carbocycles. The highest BCUT2D eigenvalue weighted by Gasteiger charge is 2.51. The Kier molecular flexibility index (Phi) is 5.35. The van der Waals surface area contributed by atoms with Gasteiger partial charge in [-0.15, -0.1) is 0 Å². The summed E-state index contributed by atoms with van der Waals surface area (Å²) in [5.74, 6) is 0.105. The summed E-state index contributed by atoms with van der Waals surface area (Å²) in [6.07, 6.45) is -0.413. The molecule has 2 heterocycles. The van der Waals surface area contributed by atoms with Crippen molar-refractivity contribution in [3.63, 3.8) is 0 Å². The predicted molar refractivity (Wildman–Crippen MR) is 124 cm³/mol. The molecule has 0 saturated carbocycles. The number of nitrogens with zero attached hydrogens (tertiary/aromatic N) is 1. The number of ether oxygens (including phenoxy) is 2. The van der Waals surface area contributed by atoms with Gasteiger partial charge >= 0.3 is 0 Å². The summed E-state index contributed by atoms with van der Waals surface area (Å²) < 4.78 is 11.1. The van der Waals surface area contributed by atoms with Crippen LogP contribution in [-0.2, 0) is 16.9 Å². The SMILES string of the molecule is Cc1ccc(CN2C(=O)[C@@](O)(CC(=O)c3ccc4c(c3)OCCO4)c3cc(Cl)ccc32)cc1. The van der Waals surface area contributed by atoms with Crippen LogP contribution in [0, 0.1) is 6.92 Å². The first-order valence-corrected chi connectivity index (χ1v) is 11.1. The van der Waals surface area contributed by atoms with Crippen molar-refractivity contribution in [2.24, 2.45) is 0 Å². The molecule has 0 fully saturated rings. The molecule has 1 atom stereocenters. The van der Waals surface area contributed by atoms with E-state index < -0.39 is 17.9 Å². The third-order valence-electron chi connectivity index (χ3n) is 6.04. The lowest BCUT2D eigenvalue weighted by Crippen LogP contribution is -2.41. The maximum Gasteiger partial charge on any atom is 0.264 e. The molecule has 0 radical (unpaired) electrons. The molecule has 0 unspecified atom stereocenters. The van der Waals surface area contributed by atoms with Crippen LogP contribution in [-0.4, -0.2) is 30.0 Å². The van der Waals surface area contributed by atoms with Gasteiger partial charge in [-0.1, -0.05) is 41.4 Å². The van der Waals surface area contributed by atoms with Crippen molar-refractivity contribution >= 4 is 29.0 Å². The molecule has 0 aromatic heterocycles. The van der Waals surface area contributed by atoms with Crippen molar-refractivity contribution in [3.8, 4) is 11.5 Å². The van der Waals surface area contributed by atoms with Gasteiger partial charge in [-0.25, -0.2) is 0 Å². The zero-order valence-corrected chi connectivity index (χ0v) is 18.8. The fourth-order valence-corrected chi connectivity index (χ4v) is 4.45. The summed E-state index contributed by atoms with van der Waals surface area (Å²) in [6, 6.07) is 17.6. The molecule has 2 aliphatic rings. The molecule has 2 aliphatic heterocycles. The van der Waals surface area contributed by atoms with E-state index >= 15 is 0 Å². The second-order valence-electron chi connectivity index (χ2n) is 8.36. The predicted octanol–water partition coefficient (Wildman–Crippen LogP) is 4.43. The third kappa shape index (κ3) is 3.86. The van der Waals surface area contributed by atoms with Crippen molar-refractivity contribution in [2.45, 2.75) is 25.5 Å². The van der Waals surface area contributed by atoms with Crippen LogP contribution < -0.4 is 14.4 Å². The Labute approximate surface area is 196 Å². The van der Waals surface area contributed by atoms with Gasteiger partial charge in [0.2, 0.25) is 0 Å². The van der Waals surface area contributed by atoms with E-state index in [9.17, 15) is 14.7 Å². The van der Waals surface area contributed by atoms with E-state index in [-0.39, 0.29) is 12.3 Å². The third-order valence-corrected chi connectivity index (χ3v) is 6.27. The van der Waals surface area contributed by atoms with Gasteiger partial charge in [-0.2, -0.15) is 0 Å². The highest BCUT2D eigenvalue weighted by atomic mass is 35.5. The van der Waals surface area contributed by atoms with Gasteiger partial charge in [0.1, 0.15) is 13.2 Å². The Balaban J connectivity index is 1.47. The Morgan fingerprint density at radius 2 is 1.76 bits per heavy atom. The average Bonchev–Trinajstić information content (AvgIpc) is 3.01. The van der Waals surface area contributed by atoms with E-state index in [1.54, 1.807) is 36.4 Å². The number of hydrogen-bond donors (Lipinski definition) is 1. The lowest BCUT2D eigenvalue weighted by Gasteiger charge is -2.23. The van der Waals surface area contributed by atoms with Gasteiger partial charge in [-0.05, 0) is 48.9 Å². The zero-order chi connectivity index (χ0) is 23.2. The summed E-state index contributed by atoms with van der Waals surface area (Å²) in [7, 11) is 0. The summed E-state index contributed by atoms with van der Waals surface area (Å²) in [6.45, 7) is 3.11. The molecule has 0 saturated heterocycles.